The van der Waals surface area contributed by atoms with Gasteiger partial charge in [0.1, 0.15) is 6.10 Å². The predicted octanol–water partition coefficient (Wildman–Crippen LogP) is 3.98. The van der Waals surface area contributed by atoms with E-state index < -0.39 is 6.10 Å². The molecule has 1 aliphatic heterocycles. The van der Waals surface area contributed by atoms with Crippen molar-refractivity contribution in [1.82, 2.24) is 15.5 Å². The molecule has 0 aliphatic carbocycles. The molecule has 2 rings (SSSR count). The second-order valence-corrected chi connectivity index (χ2v) is 9.17. The normalized spacial score (nSPS) is 19.6. The predicted molar refractivity (Wildman–Crippen MR) is 128 cm³/mol. The SMILES string of the molecule is CCNC(=NCC(O)c1ccc(Cl)s1)NCC1CCCN(CC(C)C)C1.I. The first-order valence-electron chi connectivity index (χ1n) is 9.65. The van der Waals surface area contributed by atoms with E-state index in [0.29, 0.717) is 22.7 Å². The molecular formula is C19H34ClIN4OS. The summed E-state index contributed by atoms with van der Waals surface area (Å²) >= 11 is 7.34. The summed E-state index contributed by atoms with van der Waals surface area (Å²) < 4.78 is 0.691. The van der Waals surface area contributed by atoms with E-state index in [0.717, 1.165) is 30.5 Å². The van der Waals surface area contributed by atoms with E-state index in [1.807, 2.05) is 12.1 Å². The average Bonchev–Trinajstić information content (AvgIpc) is 3.03. The maximum atomic E-state index is 10.3. The molecule has 2 atom stereocenters. The Bertz CT molecular complexity index is 570. The lowest BCUT2D eigenvalue weighted by atomic mass is 9.97. The van der Waals surface area contributed by atoms with Crippen molar-refractivity contribution in [2.75, 3.05) is 39.3 Å². The molecule has 156 valence electrons. The van der Waals surface area contributed by atoms with E-state index in [9.17, 15) is 5.11 Å². The summed E-state index contributed by atoms with van der Waals surface area (Å²) in [7, 11) is 0. The smallest absolute Gasteiger partial charge is 0.191 e. The van der Waals surface area contributed by atoms with Gasteiger partial charge in [0.15, 0.2) is 5.96 Å². The number of aliphatic imine (C=N–C) groups is 1. The fourth-order valence-electron chi connectivity index (χ4n) is 3.36. The van der Waals surface area contributed by atoms with Gasteiger partial charge in [-0.1, -0.05) is 25.4 Å². The standard InChI is InChI=1S/C19H33ClN4OS.HI/c1-4-21-19(23-11-16(25)17-7-8-18(20)26-17)22-10-15-6-5-9-24(13-15)12-14(2)3;/h7-8,14-16,25H,4-6,9-13H2,1-3H3,(H2,21,22,23);1H. The third kappa shape index (κ3) is 9.30. The Morgan fingerprint density at radius 2 is 2.19 bits per heavy atom. The van der Waals surface area contributed by atoms with Crippen molar-refractivity contribution < 1.29 is 5.11 Å². The number of rotatable bonds is 8. The molecule has 27 heavy (non-hydrogen) atoms. The molecule has 0 bridgehead atoms. The molecule has 8 heteroatoms. The minimum absolute atomic E-state index is 0. The quantitative estimate of drug-likeness (QED) is 0.271. The summed E-state index contributed by atoms with van der Waals surface area (Å²) in [5.41, 5.74) is 0. The molecule has 0 spiro atoms. The zero-order chi connectivity index (χ0) is 18.9. The van der Waals surface area contributed by atoms with E-state index in [-0.39, 0.29) is 24.0 Å². The van der Waals surface area contributed by atoms with E-state index in [4.69, 9.17) is 11.6 Å². The van der Waals surface area contributed by atoms with Gasteiger partial charge >= 0.3 is 0 Å². The highest BCUT2D eigenvalue weighted by Crippen LogP contribution is 2.26. The third-order valence-electron chi connectivity index (χ3n) is 4.47. The number of piperidine rings is 1. The molecule has 1 aromatic rings. The first-order valence-corrected chi connectivity index (χ1v) is 10.8. The summed E-state index contributed by atoms with van der Waals surface area (Å²) in [5, 5.41) is 17.0. The van der Waals surface area contributed by atoms with Crippen molar-refractivity contribution in [2.24, 2.45) is 16.8 Å². The van der Waals surface area contributed by atoms with Gasteiger partial charge in [-0.05, 0) is 50.3 Å². The van der Waals surface area contributed by atoms with Crippen LogP contribution in [-0.4, -0.2) is 55.2 Å². The molecule has 1 saturated heterocycles. The van der Waals surface area contributed by atoms with Crippen LogP contribution < -0.4 is 10.6 Å². The van der Waals surface area contributed by atoms with E-state index in [1.54, 1.807) is 0 Å². The van der Waals surface area contributed by atoms with Crippen molar-refractivity contribution in [3.63, 3.8) is 0 Å². The zero-order valence-corrected chi connectivity index (χ0v) is 20.5. The number of nitrogens with one attached hydrogen (secondary N) is 2. The Hall–Kier alpha value is -0.0900. The van der Waals surface area contributed by atoms with Gasteiger partial charge in [-0.15, -0.1) is 35.3 Å². The summed E-state index contributed by atoms with van der Waals surface area (Å²) in [6.45, 7) is 12.2. The van der Waals surface area contributed by atoms with E-state index >= 15 is 0 Å². The second-order valence-electron chi connectivity index (χ2n) is 7.42. The Morgan fingerprint density at radius 3 is 2.81 bits per heavy atom. The number of halogens is 2. The molecule has 2 heterocycles. The summed E-state index contributed by atoms with van der Waals surface area (Å²) in [6, 6.07) is 3.67. The minimum atomic E-state index is -0.612. The van der Waals surface area contributed by atoms with Gasteiger partial charge in [-0.2, -0.15) is 0 Å². The number of hydrogen-bond acceptors (Lipinski definition) is 4. The molecule has 1 fully saturated rings. The number of aliphatic hydroxyl groups is 1. The number of likely N-dealkylation sites (tertiary alicyclic amines) is 1. The van der Waals surface area contributed by atoms with E-state index in [1.165, 1.54) is 37.3 Å². The van der Waals surface area contributed by atoms with Gasteiger partial charge in [-0.3, -0.25) is 4.99 Å². The molecule has 2 unspecified atom stereocenters. The van der Waals surface area contributed by atoms with Gasteiger partial charge in [0.2, 0.25) is 0 Å². The maximum absolute atomic E-state index is 10.3. The van der Waals surface area contributed by atoms with Crippen LogP contribution in [0.1, 0.15) is 44.6 Å². The van der Waals surface area contributed by atoms with Crippen molar-refractivity contribution in [3.8, 4) is 0 Å². The van der Waals surface area contributed by atoms with Crippen molar-refractivity contribution >= 4 is 52.9 Å². The molecule has 0 aromatic carbocycles. The van der Waals surface area contributed by atoms with Gasteiger partial charge < -0.3 is 20.6 Å². The molecule has 0 amide bonds. The van der Waals surface area contributed by atoms with Crippen LogP contribution in [0.2, 0.25) is 4.34 Å². The highest BCUT2D eigenvalue weighted by molar-refractivity contribution is 14.0. The van der Waals surface area contributed by atoms with Crippen LogP contribution in [-0.2, 0) is 0 Å². The first kappa shape index (κ1) is 24.9. The van der Waals surface area contributed by atoms with Crippen molar-refractivity contribution in [1.29, 1.82) is 0 Å². The zero-order valence-electron chi connectivity index (χ0n) is 16.6. The summed E-state index contributed by atoms with van der Waals surface area (Å²) in [5.74, 6) is 2.13. The van der Waals surface area contributed by atoms with Gasteiger partial charge in [0.25, 0.3) is 0 Å². The Labute approximate surface area is 190 Å². The van der Waals surface area contributed by atoms with E-state index in [2.05, 4.69) is 41.3 Å². The van der Waals surface area contributed by atoms with Crippen LogP contribution in [0.5, 0.6) is 0 Å². The second kappa shape index (κ2) is 13.2. The maximum Gasteiger partial charge on any atom is 0.191 e. The lowest BCUT2D eigenvalue weighted by molar-refractivity contribution is 0.159. The van der Waals surface area contributed by atoms with Gasteiger partial charge in [-0.25, -0.2) is 0 Å². The largest absolute Gasteiger partial charge is 0.386 e. The molecule has 0 saturated carbocycles. The number of aliphatic hydroxyl groups excluding tert-OH is 1. The summed E-state index contributed by atoms with van der Waals surface area (Å²) in [4.78, 5) is 7.98. The highest BCUT2D eigenvalue weighted by atomic mass is 127. The molecule has 0 radical (unpaired) electrons. The number of hydrogen-bond donors (Lipinski definition) is 3. The van der Waals surface area contributed by atoms with Crippen molar-refractivity contribution in [2.45, 2.75) is 39.7 Å². The van der Waals surface area contributed by atoms with Gasteiger partial charge in [0.05, 0.1) is 10.9 Å². The van der Waals surface area contributed by atoms with Crippen LogP contribution in [0.4, 0.5) is 0 Å². The van der Waals surface area contributed by atoms with Crippen molar-refractivity contribution in [3.05, 3.63) is 21.3 Å². The van der Waals surface area contributed by atoms with Crippen LogP contribution in [0, 0.1) is 11.8 Å². The number of nitrogens with zero attached hydrogens (tertiary/aromatic N) is 2. The van der Waals surface area contributed by atoms with Crippen LogP contribution in [0.25, 0.3) is 0 Å². The Kier molecular flexibility index (Phi) is 12.2. The molecule has 3 N–H and O–H groups in total. The van der Waals surface area contributed by atoms with Gasteiger partial charge in [0, 0.05) is 31.1 Å². The fraction of sp³-hybridized carbons (Fsp3) is 0.737. The number of thiophene rings is 1. The molecular weight excluding hydrogens is 495 g/mol. The number of guanidine groups is 1. The third-order valence-corrected chi connectivity index (χ3v) is 5.81. The summed E-state index contributed by atoms with van der Waals surface area (Å²) in [6.07, 6.45) is 1.92. The highest BCUT2D eigenvalue weighted by Gasteiger charge is 2.20. The fourth-order valence-corrected chi connectivity index (χ4v) is 4.40. The Morgan fingerprint density at radius 1 is 1.41 bits per heavy atom. The van der Waals surface area contributed by atoms with Crippen LogP contribution >= 0.6 is 46.9 Å². The lowest BCUT2D eigenvalue weighted by Crippen LogP contribution is -2.45. The average molecular weight is 529 g/mol. The topological polar surface area (TPSA) is 59.9 Å². The Balaban J connectivity index is 0.00000364. The molecule has 1 aromatic heterocycles. The van der Waals surface area contributed by atoms with Crippen LogP contribution in [0.15, 0.2) is 17.1 Å². The lowest BCUT2D eigenvalue weighted by Gasteiger charge is -2.34. The minimum Gasteiger partial charge on any atom is -0.386 e. The monoisotopic (exact) mass is 528 g/mol. The van der Waals surface area contributed by atoms with Crippen LogP contribution in [0.3, 0.4) is 0 Å². The molecule has 5 nitrogen and oxygen atoms in total. The first-order chi connectivity index (χ1) is 12.5. The molecule has 1 aliphatic rings.